The molecule has 0 saturated carbocycles. The van der Waals surface area contributed by atoms with E-state index in [1.807, 2.05) is 29.8 Å². The Kier molecular flexibility index (Phi) is 5.79. The molecule has 7 aromatic rings. The summed E-state index contributed by atoms with van der Waals surface area (Å²) < 4.78 is 6.50. The summed E-state index contributed by atoms with van der Waals surface area (Å²) in [5.41, 5.74) is 10.6. The van der Waals surface area contributed by atoms with Crippen LogP contribution in [0.3, 0.4) is 0 Å². The van der Waals surface area contributed by atoms with E-state index in [1.54, 1.807) is 0 Å². The van der Waals surface area contributed by atoms with E-state index < -0.39 is 0 Å². The summed E-state index contributed by atoms with van der Waals surface area (Å²) in [6.07, 6.45) is 7.57. The van der Waals surface area contributed by atoms with Gasteiger partial charge in [-0.1, -0.05) is 66.0 Å². The van der Waals surface area contributed by atoms with E-state index >= 15 is 0 Å². The second-order valence-electron chi connectivity index (χ2n) is 10.8. The largest absolute Gasteiger partial charge is 4.00 e. The zero-order chi connectivity index (χ0) is 27.9. The summed E-state index contributed by atoms with van der Waals surface area (Å²) in [5, 5.41) is 2.47. The normalized spacial score (nSPS) is 13.8. The average Bonchev–Trinajstić information content (AvgIpc) is 3.72. The molecule has 9 rings (SSSR count). The van der Waals surface area contributed by atoms with Crippen molar-refractivity contribution in [2.75, 3.05) is 16.8 Å². The minimum absolute atomic E-state index is 0. The van der Waals surface area contributed by atoms with Crippen LogP contribution in [-0.2, 0) is 28.1 Å². The second kappa shape index (κ2) is 9.62. The number of benzene rings is 5. The predicted molar refractivity (Wildman–Crippen MR) is 167 cm³/mol. The third-order valence-electron chi connectivity index (χ3n) is 8.29. The number of para-hydroxylation sites is 4. The Morgan fingerprint density at radius 3 is 2.30 bits per heavy atom. The molecule has 2 aliphatic heterocycles. The van der Waals surface area contributed by atoms with Crippen molar-refractivity contribution in [3.05, 3.63) is 135 Å². The molecule has 43 heavy (non-hydrogen) atoms. The van der Waals surface area contributed by atoms with Gasteiger partial charge in [0.25, 0.3) is 0 Å². The van der Waals surface area contributed by atoms with Gasteiger partial charge in [0.1, 0.15) is 0 Å². The fourth-order valence-corrected chi connectivity index (χ4v) is 6.44. The Morgan fingerprint density at radius 1 is 0.674 bits per heavy atom. The minimum atomic E-state index is 0. The minimum Gasteiger partial charge on any atom is -0.510 e. The quantitative estimate of drug-likeness (QED) is 0.143. The zero-order valence-corrected chi connectivity index (χ0v) is 25.7. The number of nitrogens with zero attached hydrogens (tertiary/aromatic N) is 6. The first-order chi connectivity index (χ1) is 20.7. The molecular weight excluding hydrogens is 712 g/mol. The van der Waals surface area contributed by atoms with E-state index in [9.17, 15) is 0 Å². The maximum Gasteiger partial charge on any atom is 4.00 e. The van der Waals surface area contributed by atoms with Crippen LogP contribution < -0.4 is 14.4 Å². The Bertz CT molecular complexity index is 2240. The van der Waals surface area contributed by atoms with Crippen molar-refractivity contribution in [1.82, 2.24) is 14.0 Å². The van der Waals surface area contributed by atoms with E-state index in [1.165, 1.54) is 21.8 Å². The van der Waals surface area contributed by atoms with Gasteiger partial charge in [-0.3, -0.25) is 0 Å². The van der Waals surface area contributed by atoms with Gasteiger partial charge in [-0.05, 0) is 43.0 Å². The van der Waals surface area contributed by atoms with Crippen LogP contribution in [0.2, 0.25) is 0 Å². The Morgan fingerprint density at radius 2 is 1.44 bits per heavy atom. The summed E-state index contributed by atoms with van der Waals surface area (Å²) >= 11 is 0. The van der Waals surface area contributed by atoms with Gasteiger partial charge in [-0.2, -0.15) is 24.9 Å². The molecule has 5 aromatic carbocycles. The number of hydrogen-bond donors (Lipinski definition) is 0. The molecular formula is C36H25N6Pt+. The fraction of sp³-hybridized carbons (Fsp3) is 0.0556. The number of rotatable bonds is 3. The molecule has 0 fully saturated rings. The first-order valence-electron chi connectivity index (χ1n) is 14.0. The van der Waals surface area contributed by atoms with Crippen molar-refractivity contribution in [2.45, 2.75) is 0 Å². The second-order valence-corrected chi connectivity index (χ2v) is 10.8. The van der Waals surface area contributed by atoms with E-state index in [4.69, 9.17) is 0 Å². The monoisotopic (exact) mass is 736 g/mol. The molecule has 2 aromatic heterocycles. The third-order valence-corrected chi connectivity index (χ3v) is 8.29. The molecule has 0 radical (unpaired) electrons. The molecule has 0 N–H and O–H groups in total. The van der Waals surface area contributed by atoms with E-state index in [2.05, 4.69) is 147 Å². The molecule has 6 nitrogen and oxygen atoms in total. The van der Waals surface area contributed by atoms with Gasteiger partial charge in [0.2, 0.25) is 6.33 Å². The van der Waals surface area contributed by atoms with Crippen molar-refractivity contribution in [3.8, 4) is 11.4 Å². The molecule has 0 unspecified atom stereocenters. The standard InChI is InChI=1S/C36H25N6.Pt/c1-37-19-20-39(23-37)25-17-18-33-35(22-25)41(34-16-8-12-29-28-11-3-4-13-30(28)42(33)36(29)34)27-10-7-9-26(21-27)40-24-38(2)31-14-5-6-15-32(31)40;/h3-20,23H,1-2H3;/q-3;+4. The molecule has 0 bridgehead atoms. The summed E-state index contributed by atoms with van der Waals surface area (Å²) in [6.45, 7) is 2.06. The van der Waals surface area contributed by atoms with Crippen molar-refractivity contribution >= 4 is 55.6 Å². The van der Waals surface area contributed by atoms with Crippen LogP contribution in [0.25, 0.3) is 44.2 Å². The number of aromatic nitrogens is 3. The number of anilines is 4. The van der Waals surface area contributed by atoms with Crippen LogP contribution >= 0.6 is 0 Å². The Balaban J connectivity index is 0.00000278. The first kappa shape index (κ1) is 25.9. The predicted octanol–water partition coefficient (Wildman–Crippen LogP) is 7.08. The molecule has 7 heteroatoms. The zero-order valence-electron chi connectivity index (χ0n) is 23.5. The maximum atomic E-state index is 3.79. The van der Waals surface area contributed by atoms with Crippen LogP contribution in [0, 0.1) is 25.1 Å². The van der Waals surface area contributed by atoms with E-state index in [-0.39, 0.29) is 21.1 Å². The van der Waals surface area contributed by atoms with E-state index in [0.717, 1.165) is 45.2 Å². The average molecular weight is 737 g/mol. The molecule has 0 aliphatic carbocycles. The van der Waals surface area contributed by atoms with Crippen LogP contribution in [0.15, 0.2) is 109 Å². The molecule has 4 heterocycles. The molecule has 2 aliphatic rings. The molecule has 0 spiro atoms. The maximum absolute atomic E-state index is 3.79. The number of aryl methyl sites for hydroxylation is 1. The third kappa shape index (κ3) is 3.73. The molecule has 0 atom stereocenters. The summed E-state index contributed by atoms with van der Waals surface area (Å²) in [7, 11) is 4.06. The van der Waals surface area contributed by atoms with Crippen molar-refractivity contribution in [1.29, 1.82) is 0 Å². The van der Waals surface area contributed by atoms with Gasteiger partial charge >= 0.3 is 21.1 Å². The van der Waals surface area contributed by atoms with Gasteiger partial charge in [-0.25, -0.2) is 0 Å². The van der Waals surface area contributed by atoms with Crippen LogP contribution in [0.4, 0.5) is 22.7 Å². The Labute approximate surface area is 264 Å². The molecule has 0 saturated heterocycles. The van der Waals surface area contributed by atoms with Crippen LogP contribution in [0.5, 0.6) is 0 Å². The van der Waals surface area contributed by atoms with Gasteiger partial charge in [0, 0.05) is 16.3 Å². The smallest absolute Gasteiger partial charge is 0.510 e. The summed E-state index contributed by atoms with van der Waals surface area (Å²) in [5.74, 6) is 0. The van der Waals surface area contributed by atoms with Gasteiger partial charge in [0.15, 0.2) is 0 Å². The van der Waals surface area contributed by atoms with Gasteiger partial charge in [-0.15, -0.1) is 30.0 Å². The van der Waals surface area contributed by atoms with Crippen LogP contribution in [-0.4, -0.2) is 21.1 Å². The SMILES string of the molecule is CN1C=CN(c2[c-]c3c(cc2)-n2c4ccccc4c4cccc(c42)N3c2[c-]c(-n3[c-][n+](C)c4ccccc43)ccc2)[CH-]1.[Pt+4]. The summed E-state index contributed by atoms with van der Waals surface area (Å²) in [6, 6.07) is 41.8. The van der Waals surface area contributed by atoms with E-state index in [0.29, 0.717) is 0 Å². The molecule has 208 valence electrons. The van der Waals surface area contributed by atoms with Crippen molar-refractivity contribution in [3.63, 3.8) is 0 Å². The van der Waals surface area contributed by atoms with Gasteiger partial charge < -0.3 is 28.4 Å². The summed E-state index contributed by atoms with van der Waals surface area (Å²) in [4.78, 5) is 6.45. The molecule has 0 amide bonds. The van der Waals surface area contributed by atoms with Crippen LogP contribution in [0.1, 0.15) is 0 Å². The first-order valence-corrected chi connectivity index (χ1v) is 14.0. The Hall–Kier alpha value is -4.80. The fourth-order valence-electron chi connectivity index (χ4n) is 6.44. The van der Waals surface area contributed by atoms with Crippen molar-refractivity contribution < 1.29 is 25.6 Å². The topological polar surface area (TPSA) is 23.5 Å². The van der Waals surface area contributed by atoms with Gasteiger partial charge in [0.05, 0.1) is 29.3 Å². The number of hydrogen-bond acceptors (Lipinski definition) is 3. The number of fused-ring (bicyclic) bond motifs is 6. The van der Waals surface area contributed by atoms with Crippen molar-refractivity contribution in [2.24, 2.45) is 7.05 Å². The number of imidazole rings is 1.